The van der Waals surface area contributed by atoms with Gasteiger partial charge in [0.05, 0.1) is 12.4 Å². The second-order valence-electron chi connectivity index (χ2n) is 3.56. The molecule has 0 unspecified atom stereocenters. The lowest BCUT2D eigenvalue weighted by Crippen LogP contribution is -2.28. The summed E-state index contributed by atoms with van der Waals surface area (Å²) in [5, 5.41) is 14.4. The second kappa shape index (κ2) is 8.94. The minimum absolute atomic E-state index is 0.469. The molecule has 0 saturated heterocycles. The summed E-state index contributed by atoms with van der Waals surface area (Å²) in [6.45, 7) is 0. The fourth-order valence-corrected chi connectivity index (χ4v) is 1.22. The van der Waals surface area contributed by atoms with Crippen LogP contribution in [-0.2, 0) is 0 Å². The van der Waals surface area contributed by atoms with Gasteiger partial charge in [-0.2, -0.15) is 10.2 Å². The fraction of sp³-hybridized carbons (Fsp3) is 0.167. The lowest BCUT2D eigenvalue weighted by atomic mass is 10.2. The minimum atomic E-state index is 0.469. The molecule has 0 amide bonds. The summed E-state index contributed by atoms with van der Waals surface area (Å²) in [4.78, 5) is 0. The van der Waals surface area contributed by atoms with E-state index in [0.717, 1.165) is 11.1 Å². The standard InChI is InChI=1S/C12H16N6S2/c1-13-11(19)17-15-7-9-3-5-10(6-4-9)8-16-18-12(20)14-2/h3-8H,1-2H3,(H2,13,17,19)(H2,14,18,20)/b15-7-,16-8-. The molecule has 0 bridgehead atoms. The average Bonchev–Trinajstić information content (AvgIpc) is 2.48. The van der Waals surface area contributed by atoms with Gasteiger partial charge in [0.2, 0.25) is 0 Å². The number of hydrogen-bond acceptors (Lipinski definition) is 4. The highest BCUT2D eigenvalue weighted by Gasteiger charge is 1.91. The van der Waals surface area contributed by atoms with Crippen molar-refractivity contribution in [3.63, 3.8) is 0 Å². The molecule has 0 radical (unpaired) electrons. The summed E-state index contributed by atoms with van der Waals surface area (Å²) in [6.07, 6.45) is 3.36. The Morgan fingerprint density at radius 1 is 0.850 bits per heavy atom. The third-order valence-corrected chi connectivity index (χ3v) is 2.74. The summed E-state index contributed by atoms with van der Waals surface area (Å²) in [7, 11) is 3.46. The predicted molar refractivity (Wildman–Crippen MR) is 91.2 cm³/mol. The Kier molecular flexibility index (Phi) is 7.15. The van der Waals surface area contributed by atoms with E-state index in [2.05, 4.69) is 31.7 Å². The van der Waals surface area contributed by atoms with Crippen molar-refractivity contribution >= 4 is 47.1 Å². The molecule has 6 nitrogen and oxygen atoms in total. The first kappa shape index (κ1) is 16.0. The first-order chi connectivity index (χ1) is 9.65. The maximum atomic E-state index is 4.89. The van der Waals surface area contributed by atoms with Gasteiger partial charge in [0.15, 0.2) is 10.2 Å². The quantitative estimate of drug-likeness (QED) is 0.370. The van der Waals surface area contributed by atoms with Gasteiger partial charge in [-0.1, -0.05) is 24.3 Å². The number of hydrogen-bond donors (Lipinski definition) is 4. The molecule has 106 valence electrons. The van der Waals surface area contributed by atoms with E-state index >= 15 is 0 Å². The van der Waals surface area contributed by atoms with Crippen LogP contribution >= 0.6 is 24.4 Å². The molecule has 0 aromatic heterocycles. The van der Waals surface area contributed by atoms with Crippen LogP contribution in [0.3, 0.4) is 0 Å². The Labute approximate surface area is 128 Å². The Bertz CT molecular complexity index is 462. The van der Waals surface area contributed by atoms with Gasteiger partial charge in [-0.3, -0.25) is 10.9 Å². The molecule has 0 atom stereocenters. The Hall–Kier alpha value is -2.06. The van der Waals surface area contributed by atoms with E-state index in [1.165, 1.54) is 0 Å². The van der Waals surface area contributed by atoms with Gasteiger partial charge in [-0.15, -0.1) is 0 Å². The normalized spacial score (nSPS) is 10.5. The van der Waals surface area contributed by atoms with Gasteiger partial charge in [0.1, 0.15) is 0 Å². The van der Waals surface area contributed by atoms with Crippen molar-refractivity contribution in [1.82, 2.24) is 21.5 Å². The molecule has 4 N–H and O–H groups in total. The van der Waals surface area contributed by atoms with Gasteiger partial charge >= 0.3 is 0 Å². The Balaban J connectivity index is 2.51. The molecule has 1 aromatic rings. The monoisotopic (exact) mass is 308 g/mol. The maximum absolute atomic E-state index is 4.89. The SMILES string of the molecule is CNC(=S)N/N=C\c1ccc(/C=N\NC(=S)NC)cc1. The van der Waals surface area contributed by atoms with Crippen LogP contribution in [0, 0.1) is 0 Å². The number of nitrogens with one attached hydrogen (secondary N) is 4. The zero-order chi connectivity index (χ0) is 14.8. The second-order valence-corrected chi connectivity index (χ2v) is 4.38. The van der Waals surface area contributed by atoms with Crippen molar-refractivity contribution in [2.75, 3.05) is 14.1 Å². The van der Waals surface area contributed by atoms with E-state index in [0.29, 0.717) is 10.2 Å². The van der Waals surface area contributed by atoms with E-state index < -0.39 is 0 Å². The maximum Gasteiger partial charge on any atom is 0.186 e. The average molecular weight is 308 g/mol. The third-order valence-electron chi connectivity index (χ3n) is 2.15. The molecule has 1 aromatic carbocycles. The first-order valence-electron chi connectivity index (χ1n) is 5.77. The summed E-state index contributed by atoms with van der Waals surface area (Å²) in [6, 6.07) is 7.69. The summed E-state index contributed by atoms with van der Waals surface area (Å²) in [5.74, 6) is 0. The first-order valence-corrected chi connectivity index (χ1v) is 6.59. The van der Waals surface area contributed by atoms with Crippen LogP contribution in [0.5, 0.6) is 0 Å². The zero-order valence-corrected chi connectivity index (χ0v) is 12.8. The van der Waals surface area contributed by atoms with Gasteiger partial charge in [0, 0.05) is 14.1 Å². The lowest BCUT2D eigenvalue weighted by Gasteiger charge is -2.00. The molecular formula is C12H16N6S2. The number of thiocarbonyl (C=S) groups is 2. The lowest BCUT2D eigenvalue weighted by molar-refractivity contribution is 0.981. The van der Waals surface area contributed by atoms with Gasteiger partial charge in [-0.05, 0) is 35.6 Å². The predicted octanol–water partition coefficient (Wildman–Crippen LogP) is 0.542. The van der Waals surface area contributed by atoms with Gasteiger partial charge < -0.3 is 10.6 Å². The highest BCUT2D eigenvalue weighted by molar-refractivity contribution is 7.80. The molecule has 0 spiro atoms. The van der Waals surface area contributed by atoms with Crippen molar-refractivity contribution in [3.05, 3.63) is 35.4 Å². The Morgan fingerprint density at radius 3 is 1.50 bits per heavy atom. The van der Waals surface area contributed by atoms with Crippen LogP contribution in [0.1, 0.15) is 11.1 Å². The van der Waals surface area contributed by atoms with Crippen LogP contribution < -0.4 is 21.5 Å². The molecule has 0 aliphatic carbocycles. The Morgan fingerprint density at radius 2 is 1.20 bits per heavy atom. The molecule has 0 aliphatic rings. The molecule has 0 heterocycles. The number of hydrazone groups is 2. The van der Waals surface area contributed by atoms with Crippen molar-refractivity contribution < 1.29 is 0 Å². The van der Waals surface area contributed by atoms with E-state index in [1.54, 1.807) is 26.5 Å². The minimum Gasteiger partial charge on any atom is -0.364 e. The third kappa shape index (κ3) is 6.21. The van der Waals surface area contributed by atoms with Crippen LogP contribution in [0.2, 0.25) is 0 Å². The summed E-state index contributed by atoms with van der Waals surface area (Å²) in [5.41, 5.74) is 7.26. The van der Waals surface area contributed by atoms with Crippen molar-refractivity contribution in [2.24, 2.45) is 10.2 Å². The van der Waals surface area contributed by atoms with Crippen molar-refractivity contribution in [3.8, 4) is 0 Å². The van der Waals surface area contributed by atoms with Gasteiger partial charge in [0.25, 0.3) is 0 Å². The van der Waals surface area contributed by atoms with Gasteiger partial charge in [-0.25, -0.2) is 0 Å². The highest BCUT2D eigenvalue weighted by atomic mass is 32.1. The molecule has 0 saturated carbocycles. The molecule has 0 aliphatic heterocycles. The summed E-state index contributed by atoms with van der Waals surface area (Å²) >= 11 is 9.79. The molecule has 0 fully saturated rings. The smallest absolute Gasteiger partial charge is 0.186 e. The molecule has 8 heteroatoms. The van der Waals surface area contributed by atoms with Crippen LogP contribution in [-0.4, -0.2) is 36.7 Å². The number of benzene rings is 1. The zero-order valence-electron chi connectivity index (χ0n) is 11.2. The molecule has 20 heavy (non-hydrogen) atoms. The van der Waals surface area contributed by atoms with Crippen molar-refractivity contribution in [2.45, 2.75) is 0 Å². The van der Waals surface area contributed by atoms with E-state index in [-0.39, 0.29) is 0 Å². The highest BCUT2D eigenvalue weighted by Crippen LogP contribution is 1.99. The molecular weight excluding hydrogens is 292 g/mol. The van der Waals surface area contributed by atoms with Crippen LogP contribution in [0.15, 0.2) is 34.5 Å². The largest absolute Gasteiger partial charge is 0.364 e. The number of rotatable bonds is 4. The fourth-order valence-electron chi connectivity index (χ4n) is 1.11. The van der Waals surface area contributed by atoms with Crippen LogP contribution in [0.25, 0.3) is 0 Å². The van der Waals surface area contributed by atoms with E-state index in [1.807, 2.05) is 24.3 Å². The number of nitrogens with zero attached hydrogens (tertiary/aromatic N) is 2. The molecule has 1 rings (SSSR count). The van der Waals surface area contributed by atoms with E-state index in [4.69, 9.17) is 24.4 Å². The van der Waals surface area contributed by atoms with Crippen LogP contribution in [0.4, 0.5) is 0 Å². The summed E-state index contributed by atoms with van der Waals surface area (Å²) < 4.78 is 0. The topological polar surface area (TPSA) is 72.8 Å². The van der Waals surface area contributed by atoms with Crippen molar-refractivity contribution in [1.29, 1.82) is 0 Å². The van der Waals surface area contributed by atoms with E-state index in [9.17, 15) is 0 Å².